The van der Waals surface area contributed by atoms with E-state index in [0.29, 0.717) is 6.42 Å². The van der Waals surface area contributed by atoms with Gasteiger partial charge in [0.05, 0.1) is 12.7 Å². The van der Waals surface area contributed by atoms with E-state index in [-0.39, 0.29) is 17.6 Å². The third kappa shape index (κ3) is 4.96. The highest BCUT2D eigenvalue weighted by molar-refractivity contribution is 4.88. The van der Waals surface area contributed by atoms with Crippen molar-refractivity contribution in [2.45, 2.75) is 58.9 Å². The second kappa shape index (κ2) is 6.88. The Morgan fingerprint density at radius 2 is 1.81 bits per heavy atom. The van der Waals surface area contributed by atoms with Crippen LogP contribution >= 0.6 is 0 Å². The van der Waals surface area contributed by atoms with Gasteiger partial charge in [0.25, 0.3) is 0 Å². The van der Waals surface area contributed by atoms with Gasteiger partial charge in [-0.25, -0.2) is 0 Å². The van der Waals surface area contributed by atoms with Crippen LogP contribution in [0.15, 0.2) is 0 Å². The number of hydrogen-bond acceptors (Lipinski definition) is 3. The first-order valence-electron chi connectivity index (χ1n) is 6.18. The van der Waals surface area contributed by atoms with Crippen molar-refractivity contribution in [1.29, 1.82) is 5.26 Å². The number of hydrogen-bond donors (Lipinski definition) is 2. The first-order valence-corrected chi connectivity index (χ1v) is 6.18. The van der Waals surface area contributed by atoms with E-state index >= 15 is 0 Å². The summed E-state index contributed by atoms with van der Waals surface area (Å²) in [7, 11) is 0. The van der Waals surface area contributed by atoms with Gasteiger partial charge in [-0.05, 0) is 24.7 Å². The van der Waals surface area contributed by atoms with Crippen molar-refractivity contribution in [2.24, 2.45) is 5.41 Å². The zero-order valence-corrected chi connectivity index (χ0v) is 11.1. The highest BCUT2D eigenvalue weighted by atomic mass is 16.3. The molecule has 0 aliphatic carbocycles. The molecule has 0 aromatic rings. The summed E-state index contributed by atoms with van der Waals surface area (Å²) in [5.41, 5.74) is -0.0373. The summed E-state index contributed by atoms with van der Waals surface area (Å²) in [5.74, 6) is 0. The number of aliphatic hydroxyl groups excluding tert-OH is 1. The minimum Gasteiger partial charge on any atom is -0.394 e. The van der Waals surface area contributed by atoms with E-state index in [1.807, 2.05) is 0 Å². The lowest BCUT2D eigenvalue weighted by atomic mass is 9.85. The molecule has 0 atom stereocenters. The number of nitrogens with zero attached hydrogens (tertiary/aromatic N) is 1. The van der Waals surface area contributed by atoms with Crippen molar-refractivity contribution < 1.29 is 5.11 Å². The van der Waals surface area contributed by atoms with Crippen molar-refractivity contribution in [3.8, 4) is 6.07 Å². The Kier molecular flexibility index (Phi) is 6.62. The summed E-state index contributed by atoms with van der Waals surface area (Å²) in [6.45, 7) is 9.52. The number of aliphatic hydroxyl groups is 1. The summed E-state index contributed by atoms with van der Waals surface area (Å²) in [6, 6.07) is 2.19. The monoisotopic (exact) mass is 226 g/mol. The van der Waals surface area contributed by atoms with Gasteiger partial charge >= 0.3 is 0 Å². The van der Waals surface area contributed by atoms with Crippen LogP contribution in [0.2, 0.25) is 0 Å². The molecule has 0 amide bonds. The Labute approximate surface area is 99.9 Å². The molecule has 0 aromatic heterocycles. The molecule has 0 rings (SSSR count). The van der Waals surface area contributed by atoms with Crippen molar-refractivity contribution in [2.75, 3.05) is 13.2 Å². The molecule has 0 fully saturated rings. The zero-order chi connectivity index (χ0) is 12.7. The smallest absolute Gasteiger partial charge is 0.0621 e. The Morgan fingerprint density at radius 1 is 1.25 bits per heavy atom. The van der Waals surface area contributed by atoms with E-state index in [1.54, 1.807) is 0 Å². The molecule has 0 aliphatic rings. The Hall–Kier alpha value is -0.590. The van der Waals surface area contributed by atoms with Crippen molar-refractivity contribution in [3.05, 3.63) is 0 Å². The molecule has 0 bridgehead atoms. The van der Waals surface area contributed by atoms with Gasteiger partial charge in [0, 0.05) is 18.5 Å². The Bertz CT molecular complexity index is 218. The molecule has 0 spiro atoms. The van der Waals surface area contributed by atoms with Crippen LogP contribution in [-0.2, 0) is 0 Å². The van der Waals surface area contributed by atoms with E-state index in [1.165, 1.54) is 0 Å². The first-order chi connectivity index (χ1) is 7.45. The van der Waals surface area contributed by atoms with Crippen molar-refractivity contribution in [3.63, 3.8) is 0 Å². The highest BCUT2D eigenvalue weighted by Gasteiger charge is 2.27. The molecule has 0 radical (unpaired) electrons. The SMILES string of the molecule is CCC(CC)(CO)NCC(C)(C)CCC#N. The van der Waals surface area contributed by atoms with E-state index in [4.69, 9.17) is 5.26 Å². The van der Waals surface area contributed by atoms with E-state index in [0.717, 1.165) is 25.8 Å². The van der Waals surface area contributed by atoms with Crippen LogP contribution in [0.4, 0.5) is 0 Å². The van der Waals surface area contributed by atoms with E-state index < -0.39 is 0 Å². The summed E-state index contributed by atoms with van der Waals surface area (Å²) in [4.78, 5) is 0. The summed E-state index contributed by atoms with van der Waals surface area (Å²) in [6.07, 6.45) is 3.34. The molecular weight excluding hydrogens is 200 g/mol. The number of nitriles is 1. The molecule has 94 valence electrons. The highest BCUT2D eigenvalue weighted by Crippen LogP contribution is 2.23. The van der Waals surface area contributed by atoms with Crippen LogP contribution in [0.1, 0.15) is 53.4 Å². The fraction of sp³-hybridized carbons (Fsp3) is 0.923. The largest absolute Gasteiger partial charge is 0.394 e. The van der Waals surface area contributed by atoms with E-state index in [2.05, 4.69) is 39.1 Å². The maximum absolute atomic E-state index is 9.43. The Balaban J connectivity index is 4.24. The fourth-order valence-corrected chi connectivity index (χ4v) is 1.69. The zero-order valence-electron chi connectivity index (χ0n) is 11.1. The van der Waals surface area contributed by atoms with Crippen LogP contribution in [-0.4, -0.2) is 23.8 Å². The maximum Gasteiger partial charge on any atom is 0.0621 e. The average Bonchev–Trinajstić information content (AvgIpc) is 2.29. The lowest BCUT2D eigenvalue weighted by Crippen LogP contribution is -2.50. The summed E-state index contributed by atoms with van der Waals surface area (Å²) in [5, 5.41) is 21.5. The molecular formula is C13H26N2O. The minimum absolute atomic E-state index is 0.112. The molecule has 0 saturated carbocycles. The van der Waals surface area contributed by atoms with Crippen LogP contribution in [0, 0.1) is 16.7 Å². The third-order valence-corrected chi connectivity index (χ3v) is 3.51. The second-order valence-electron chi connectivity index (χ2n) is 5.32. The van der Waals surface area contributed by atoms with Crippen LogP contribution < -0.4 is 5.32 Å². The number of nitrogens with one attached hydrogen (secondary N) is 1. The topological polar surface area (TPSA) is 56.0 Å². The summed E-state index contributed by atoms with van der Waals surface area (Å²) < 4.78 is 0. The quantitative estimate of drug-likeness (QED) is 0.668. The lowest BCUT2D eigenvalue weighted by Gasteiger charge is -2.35. The molecule has 3 nitrogen and oxygen atoms in total. The van der Waals surface area contributed by atoms with Crippen molar-refractivity contribution in [1.82, 2.24) is 5.32 Å². The molecule has 0 unspecified atom stereocenters. The molecule has 0 heterocycles. The number of rotatable bonds is 8. The van der Waals surface area contributed by atoms with Gasteiger partial charge in [-0.3, -0.25) is 0 Å². The Morgan fingerprint density at radius 3 is 2.19 bits per heavy atom. The van der Waals surface area contributed by atoms with E-state index in [9.17, 15) is 5.11 Å². The minimum atomic E-state index is -0.149. The van der Waals surface area contributed by atoms with Gasteiger partial charge in [-0.2, -0.15) is 5.26 Å². The predicted octanol–water partition coefficient (Wildman–Crippen LogP) is 2.46. The second-order valence-corrected chi connectivity index (χ2v) is 5.32. The standard InChI is InChI=1S/C13H26N2O/c1-5-13(6-2,11-16)15-10-12(3,4)8-7-9-14/h15-16H,5-8,10-11H2,1-4H3. The van der Waals surface area contributed by atoms with Crippen LogP contribution in [0.25, 0.3) is 0 Å². The molecule has 3 heteroatoms. The van der Waals surface area contributed by atoms with Crippen molar-refractivity contribution >= 4 is 0 Å². The van der Waals surface area contributed by atoms with Gasteiger partial charge < -0.3 is 10.4 Å². The van der Waals surface area contributed by atoms with Gasteiger partial charge in [0.2, 0.25) is 0 Å². The first kappa shape index (κ1) is 15.4. The third-order valence-electron chi connectivity index (χ3n) is 3.51. The fourth-order valence-electron chi connectivity index (χ4n) is 1.69. The average molecular weight is 226 g/mol. The molecule has 0 aromatic carbocycles. The van der Waals surface area contributed by atoms with Gasteiger partial charge in [0.1, 0.15) is 0 Å². The van der Waals surface area contributed by atoms with Gasteiger partial charge in [0.15, 0.2) is 0 Å². The molecule has 0 aliphatic heterocycles. The molecule has 2 N–H and O–H groups in total. The van der Waals surface area contributed by atoms with Gasteiger partial charge in [-0.15, -0.1) is 0 Å². The molecule has 16 heavy (non-hydrogen) atoms. The lowest BCUT2D eigenvalue weighted by molar-refractivity contribution is 0.134. The maximum atomic E-state index is 9.43. The molecule has 0 saturated heterocycles. The van der Waals surface area contributed by atoms with Crippen LogP contribution in [0.5, 0.6) is 0 Å². The van der Waals surface area contributed by atoms with Crippen LogP contribution in [0.3, 0.4) is 0 Å². The van der Waals surface area contributed by atoms with Gasteiger partial charge in [-0.1, -0.05) is 27.7 Å². The predicted molar refractivity (Wildman–Crippen MR) is 67.0 cm³/mol. The summed E-state index contributed by atoms with van der Waals surface area (Å²) >= 11 is 0. The normalized spacial score (nSPS) is 12.5.